The highest BCUT2D eigenvalue weighted by Crippen LogP contribution is 2.32. The van der Waals surface area contributed by atoms with Gasteiger partial charge >= 0.3 is 0 Å². The predicted molar refractivity (Wildman–Crippen MR) is 131 cm³/mol. The van der Waals surface area contributed by atoms with Crippen molar-refractivity contribution in [2.75, 3.05) is 33.4 Å². The zero-order chi connectivity index (χ0) is 23.0. The van der Waals surface area contributed by atoms with E-state index in [4.69, 9.17) is 4.74 Å². The van der Waals surface area contributed by atoms with Gasteiger partial charge in [0.05, 0.1) is 12.7 Å². The van der Waals surface area contributed by atoms with Crippen LogP contribution < -0.4 is 16.0 Å². The Balaban J connectivity index is 1.16. The lowest BCUT2D eigenvalue weighted by molar-refractivity contribution is -0.140. The molecule has 7 heteroatoms. The lowest BCUT2D eigenvalue weighted by atomic mass is 9.78. The number of amides is 1. The van der Waals surface area contributed by atoms with E-state index < -0.39 is 0 Å². The van der Waals surface area contributed by atoms with Crippen LogP contribution in [0.3, 0.4) is 0 Å². The van der Waals surface area contributed by atoms with Crippen LogP contribution >= 0.6 is 0 Å². The van der Waals surface area contributed by atoms with Crippen molar-refractivity contribution in [1.29, 1.82) is 0 Å². The number of aliphatic hydroxyl groups is 1. The van der Waals surface area contributed by atoms with Crippen LogP contribution in [0.25, 0.3) is 0 Å². The number of methoxy groups -OCH3 is 1. The topological polar surface area (TPSA) is 85.9 Å². The molecule has 1 saturated heterocycles. The van der Waals surface area contributed by atoms with Gasteiger partial charge in [0.15, 0.2) is 0 Å². The van der Waals surface area contributed by atoms with E-state index in [1.807, 2.05) is 12.0 Å². The summed E-state index contributed by atoms with van der Waals surface area (Å²) in [7, 11) is 1.84. The smallest absolute Gasteiger partial charge is 0.226 e. The van der Waals surface area contributed by atoms with E-state index >= 15 is 0 Å². The second-order valence-electron chi connectivity index (χ2n) is 11.0. The number of nitrogens with zero attached hydrogens (tertiary/aromatic N) is 1. The number of aliphatic hydroxyl groups excluding tert-OH is 1. The minimum Gasteiger partial charge on any atom is -0.395 e. The Labute approximate surface area is 200 Å². The fourth-order valence-electron chi connectivity index (χ4n) is 6.88. The Morgan fingerprint density at radius 2 is 1.58 bits per heavy atom. The summed E-state index contributed by atoms with van der Waals surface area (Å²) in [6.45, 7) is 2.75. The number of rotatable bonds is 8. The average molecular weight is 465 g/mol. The molecule has 7 nitrogen and oxygen atoms in total. The summed E-state index contributed by atoms with van der Waals surface area (Å²) in [6, 6.07) is 0.816. The quantitative estimate of drug-likeness (QED) is 0.442. The molecule has 0 aromatic heterocycles. The van der Waals surface area contributed by atoms with Crippen molar-refractivity contribution in [3.05, 3.63) is 0 Å². The monoisotopic (exact) mass is 464 g/mol. The molecule has 190 valence electrons. The molecule has 1 amide bonds. The van der Waals surface area contributed by atoms with Crippen molar-refractivity contribution in [3.63, 3.8) is 0 Å². The molecule has 3 saturated carbocycles. The van der Waals surface area contributed by atoms with Crippen molar-refractivity contribution in [1.82, 2.24) is 20.9 Å². The Kier molecular flexibility index (Phi) is 9.86. The number of ether oxygens (including phenoxy) is 1. The van der Waals surface area contributed by atoms with Gasteiger partial charge in [0.1, 0.15) is 6.29 Å². The first-order valence-corrected chi connectivity index (χ1v) is 13.8. The van der Waals surface area contributed by atoms with E-state index in [2.05, 4.69) is 16.0 Å². The maximum absolute atomic E-state index is 13.3. The zero-order valence-corrected chi connectivity index (χ0v) is 20.8. The van der Waals surface area contributed by atoms with Crippen LogP contribution in [0.5, 0.6) is 0 Å². The lowest BCUT2D eigenvalue weighted by Crippen LogP contribution is -2.63. The van der Waals surface area contributed by atoms with Gasteiger partial charge in [0.25, 0.3) is 0 Å². The molecule has 4 aliphatic rings. The third-order valence-corrected chi connectivity index (χ3v) is 9.01. The van der Waals surface area contributed by atoms with Crippen molar-refractivity contribution < 1.29 is 14.6 Å². The normalized spacial score (nSPS) is 36.4. The third kappa shape index (κ3) is 6.91. The summed E-state index contributed by atoms with van der Waals surface area (Å²) >= 11 is 0. The van der Waals surface area contributed by atoms with Gasteiger partial charge in [-0.3, -0.25) is 20.7 Å². The Morgan fingerprint density at radius 1 is 0.909 bits per heavy atom. The van der Waals surface area contributed by atoms with Crippen molar-refractivity contribution in [3.8, 4) is 0 Å². The maximum atomic E-state index is 13.3. The van der Waals surface area contributed by atoms with Crippen LogP contribution in [0.4, 0.5) is 0 Å². The summed E-state index contributed by atoms with van der Waals surface area (Å²) in [4.78, 5) is 15.3. The molecule has 0 radical (unpaired) electrons. The van der Waals surface area contributed by atoms with E-state index in [-0.39, 0.29) is 18.8 Å². The van der Waals surface area contributed by atoms with Gasteiger partial charge < -0.3 is 14.7 Å². The zero-order valence-electron chi connectivity index (χ0n) is 20.8. The largest absolute Gasteiger partial charge is 0.395 e. The van der Waals surface area contributed by atoms with Gasteiger partial charge in [-0.1, -0.05) is 19.3 Å². The van der Waals surface area contributed by atoms with E-state index in [0.29, 0.717) is 36.6 Å². The fraction of sp³-hybridized carbons (Fsp3) is 0.962. The van der Waals surface area contributed by atoms with Crippen LogP contribution in [0.15, 0.2) is 0 Å². The number of carbonyl (C=O) groups is 1. The molecule has 0 aromatic carbocycles. The molecule has 4 fully saturated rings. The summed E-state index contributed by atoms with van der Waals surface area (Å²) in [5.41, 5.74) is 0. The number of hydrogen-bond acceptors (Lipinski definition) is 6. The van der Waals surface area contributed by atoms with Crippen LogP contribution in [0.2, 0.25) is 0 Å². The Hall–Kier alpha value is -0.730. The van der Waals surface area contributed by atoms with Crippen molar-refractivity contribution >= 4 is 5.91 Å². The van der Waals surface area contributed by atoms with E-state index in [0.717, 1.165) is 57.5 Å². The highest BCUT2D eigenvalue weighted by atomic mass is 16.5. The molecule has 1 aliphatic heterocycles. The highest BCUT2D eigenvalue weighted by Gasteiger charge is 2.35. The van der Waals surface area contributed by atoms with Gasteiger partial charge in [0.2, 0.25) is 5.91 Å². The van der Waals surface area contributed by atoms with Gasteiger partial charge in [-0.15, -0.1) is 0 Å². The summed E-state index contributed by atoms with van der Waals surface area (Å²) in [6.07, 6.45) is 15.6. The molecule has 1 heterocycles. The second kappa shape index (κ2) is 12.8. The number of nitrogens with one attached hydrogen (secondary N) is 3. The van der Waals surface area contributed by atoms with E-state index in [1.165, 1.54) is 44.9 Å². The molecule has 0 atom stereocenters. The van der Waals surface area contributed by atoms with Crippen molar-refractivity contribution in [2.24, 2.45) is 17.8 Å². The van der Waals surface area contributed by atoms with Crippen LogP contribution in [0.1, 0.15) is 83.5 Å². The Bertz CT molecular complexity index is 576. The predicted octanol–water partition coefficient (Wildman–Crippen LogP) is 2.59. The molecular weight excluding hydrogens is 416 g/mol. The van der Waals surface area contributed by atoms with Crippen molar-refractivity contribution in [2.45, 2.75) is 108 Å². The summed E-state index contributed by atoms with van der Waals surface area (Å²) in [5.74, 6) is 1.96. The third-order valence-electron chi connectivity index (χ3n) is 9.01. The standard InChI is InChI=1S/C26H48N4O3/c1-33-24-13-9-19(10-14-24)21-17-27-26(28-18-21)29-22-11-7-20(8-12-22)25(32)30(15-16-31)23-5-3-2-4-6-23/h19-24,26-29,31H,2-18H2,1H3. The first-order valence-electron chi connectivity index (χ1n) is 13.8. The van der Waals surface area contributed by atoms with Crippen LogP contribution in [-0.2, 0) is 9.53 Å². The summed E-state index contributed by atoms with van der Waals surface area (Å²) < 4.78 is 5.53. The highest BCUT2D eigenvalue weighted by molar-refractivity contribution is 5.79. The molecule has 0 aromatic rings. The fourth-order valence-corrected chi connectivity index (χ4v) is 6.88. The SMILES string of the molecule is COC1CCC(C2CNC(NC3CCC(C(=O)N(CCO)C4CCCCC4)CC3)NC2)CC1. The molecule has 0 unspecified atom stereocenters. The number of hydrogen-bond donors (Lipinski definition) is 4. The van der Waals surface area contributed by atoms with E-state index in [9.17, 15) is 9.90 Å². The van der Waals surface area contributed by atoms with Crippen LogP contribution in [-0.4, -0.2) is 73.7 Å². The van der Waals surface area contributed by atoms with Crippen LogP contribution in [0, 0.1) is 17.8 Å². The van der Waals surface area contributed by atoms with Gasteiger partial charge in [-0.05, 0) is 76.0 Å². The molecule has 3 aliphatic carbocycles. The van der Waals surface area contributed by atoms with Gasteiger partial charge in [-0.2, -0.15) is 0 Å². The first-order chi connectivity index (χ1) is 16.2. The molecule has 4 N–H and O–H groups in total. The molecule has 4 rings (SSSR count). The molecular formula is C26H48N4O3. The number of carbonyl (C=O) groups excluding carboxylic acids is 1. The minimum atomic E-state index is 0.0764. The second-order valence-corrected chi connectivity index (χ2v) is 11.0. The van der Waals surface area contributed by atoms with Gasteiger partial charge in [-0.25, -0.2) is 0 Å². The lowest BCUT2D eigenvalue weighted by Gasteiger charge is -2.41. The van der Waals surface area contributed by atoms with Gasteiger partial charge in [0, 0.05) is 44.7 Å². The Morgan fingerprint density at radius 3 is 2.18 bits per heavy atom. The summed E-state index contributed by atoms with van der Waals surface area (Å²) in [5, 5.41) is 20.7. The average Bonchev–Trinajstić information content (AvgIpc) is 2.88. The van der Waals surface area contributed by atoms with E-state index in [1.54, 1.807) is 0 Å². The molecule has 33 heavy (non-hydrogen) atoms. The molecule has 0 spiro atoms. The maximum Gasteiger partial charge on any atom is 0.226 e. The first kappa shape index (κ1) is 25.4. The molecule has 0 bridgehead atoms. The minimum absolute atomic E-state index is 0.0764.